The van der Waals surface area contributed by atoms with Crippen LogP contribution in [0.5, 0.6) is 0 Å². The summed E-state index contributed by atoms with van der Waals surface area (Å²) in [5.74, 6) is 0.351. The molecule has 1 aromatic rings. The van der Waals surface area contributed by atoms with Crippen LogP contribution in [0, 0.1) is 5.92 Å². The van der Waals surface area contributed by atoms with Crippen molar-refractivity contribution in [2.45, 2.75) is 26.8 Å². The van der Waals surface area contributed by atoms with Gasteiger partial charge in [0.1, 0.15) is 0 Å². The minimum absolute atomic E-state index is 0.0530. The maximum Gasteiger partial charge on any atom is 0.407 e. The van der Waals surface area contributed by atoms with Gasteiger partial charge in [-0.3, -0.25) is 0 Å². The van der Waals surface area contributed by atoms with E-state index in [9.17, 15) is 4.79 Å². The van der Waals surface area contributed by atoms with Gasteiger partial charge in [0.15, 0.2) is 0 Å². The van der Waals surface area contributed by atoms with E-state index >= 15 is 0 Å². The smallest absolute Gasteiger partial charge is 0.407 e. The molecule has 1 rings (SSSR count). The summed E-state index contributed by atoms with van der Waals surface area (Å²) in [7, 11) is 0. The number of hydrogen-bond donors (Lipinski definition) is 1. The molecule has 0 bridgehead atoms. The van der Waals surface area contributed by atoms with Gasteiger partial charge in [0.25, 0.3) is 0 Å². The molecule has 0 aromatic heterocycles. The van der Waals surface area contributed by atoms with E-state index in [0.717, 1.165) is 10.0 Å². The summed E-state index contributed by atoms with van der Waals surface area (Å²) in [6, 6.07) is 7.79. The SMILES string of the molecule is CC(C)COC(=O)NC(C)c1ccc(Br)cc1. The van der Waals surface area contributed by atoms with Gasteiger partial charge in [-0.25, -0.2) is 4.79 Å². The Hall–Kier alpha value is -1.03. The van der Waals surface area contributed by atoms with E-state index in [1.54, 1.807) is 0 Å². The number of ether oxygens (including phenoxy) is 1. The predicted molar refractivity (Wildman–Crippen MR) is 71.9 cm³/mol. The Kier molecular flexibility index (Phi) is 5.48. The van der Waals surface area contributed by atoms with Crippen molar-refractivity contribution < 1.29 is 9.53 Å². The molecule has 1 atom stereocenters. The Morgan fingerprint density at radius 3 is 2.41 bits per heavy atom. The van der Waals surface area contributed by atoms with Crippen molar-refractivity contribution in [1.82, 2.24) is 5.32 Å². The van der Waals surface area contributed by atoms with Crippen molar-refractivity contribution in [1.29, 1.82) is 0 Å². The van der Waals surface area contributed by atoms with E-state index in [4.69, 9.17) is 4.74 Å². The topological polar surface area (TPSA) is 38.3 Å². The van der Waals surface area contributed by atoms with E-state index in [2.05, 4.69) is 21.2 Å². The number of nitrogens with one attached hydrogen (secondary N) is 1. The normalized spacial score (nSPS) is 12.3. The molecule has 0 aliphatic rings. The van der Waals surface area contributed by atoms with Crippen LogP contribution in [0.3, 0.4) is 0 Å². The molecular weight excluding hydrogens is 282 g/mol. The average molecular weight is 300 g/mol. The summed E-state index contributed by atoms with van der Waals surface area (Å²) in [4.78, 5) is 11.5. The Bertz CT molecular complexity index is 362. The first-order chi connectivity index (χ1) is 7.99. The second-order valence-corrected chi connectivity index (χ2v) is 5.33. The van der Waals surface area contributed by atoms with Gasteiger partial charge in [-0.15, -0.1) is 0 Å². The quantitative estimate of drug-likeness (QED) is 0.916. The zero-order valence-electron chi connectivity index (χ0n) is 10.4. The highest BCUT2D eigenvalue weighted by Gasteiger charge is 2.10. The molecule has 0 heterocycles. The minimum Gasteiger partial charge on any atom is -0.449 e. The van der Waals surface area contributed by atoms with Crippen molar-refractivity contribution in [2.75, 3.05) is 6.61 Å². The molecule has 0 fully saturated rings. The van der Waals surface area contributed by atoms with E-state index < -0.39 is 0 Å². The number of hydrogen-bond acceptors (Lipinski definition) is 2. The monoisotopic (exact) mass is 299 g/mol. The average Bonchev–Trinajstić information content (AvgIpc) is 2.27. The number of halogens is 1. The predicted octanol–water partition coefficient (Wildman–Crippen LogP) is 3.89. The summed E-state index contributed by atoms with van der Waals surface area (Å²) in [5, 5.41) is 2.79. The van der Waals surface area contributed by atoms with Gasteiger partial charge in [0.05, 0.1) is 12.6 Å². The molecule has 3 nitrogen and oxygen atoms in total. The molecule has 4 heteroatoms. The number of carbonyl (C=O) groups excluding carboxylic acids is 1. The fourth-order valence-corrected chi connectivity index (χ4v) is 1.56. The van der Waals surface area contributed by atoms with Crippen molar-refractivity contribution in [2.24, 2.45) is 5.92 Å². The van der Waals surface area contributed by atoms with Crippen LogP contribution in [0.25, 0.3) is 0 Å². The molecule has 94 valence electrons. The summed E-state index contributed by atoms with van der Waals surface area (Å²) in [6.07, 6.45) is -0.367. The van der Waals surface area contributed by atoms with Gasteiger partial charge >= 0.3 is 6.09 Å². The minimum atomic E-state index is -0.367. The van der Waals surface area contributed by atoms with E-state index in [-0.39, 0.29) is 12.1 Å². The van der Waals surface area contributed by atoms with Gasteiger partial charge in [0.2, 0.25) is 0 Å². The molecule has 1 aromatic carbocycles. The Morgan fingerprint density at radius 1 is 1.29 bits per heavy atom. The summed E-state index contributed by atoms with van der Waals surface area (Å²) in [6.45, 7) is 6.38. The van der Waals surface area contributed by atoms with Crippen molar-refractivity contribution >= 4 is 22.0 Å². The maximum atomic E-state index is 11.5. The Labute approximate surface area is 111 Å². The largest absolute Gasteiger partial charge is 0.449 e. The fraction of sp³-hybridized carbons (Fsp3) is 0.462. The first-order valence-electron chi connectivity index (χ1n) is 5.67. The van der Waals surface area contributed by atoms with Crippen LogP contribution in [-0.2, 0) is 4.74 Å². The number of carbonyl (C=O) groups is 1. The van der Waals surface area contributed by atoms with Crippen LogP contribution in [0.2, 0.25) is 0 Å². The van der Waals surface area contributed by atoms with Crippen LogP contribution >= 0.6 is 15.9 Å². The highest BCUT2D eigenvalue weighted by molar-refractivity contribution is 9.10. The van der Waals surface area contributed by atoms with Gasteiger partial charge in [-0.1, -0.05) is 41.9 Å². The van der Waals surface area contributed by atoms with Crippen molar-refractivity contribution in [3.8, 4) is 0 Å². The second-order valence-electron chi connectivity index (χ2n) is 4.41. The molecule has 0 saturated carbocycles. The van der Waals surface area contributed by atoms with E-state index in [1.165, 1.54) is 0 Å². The third kappa shape index (κ3) is 5.22. The van der Waals surface area contributed by atoms with Crippen LogP contribution in [0.15, 0.2) is 28.7 Å². The molecule has 0 radical (unpaired) electrons. The molecule has 0 spiro atoms. The standard InChI is InChI=1S/C13H18BrNO2/c1-9(2)8-17-13(16)15-10(3)11-4-6-12(14)7-5-11/h4-7,9-10H,8H2,1-3H3,(H,15,16). The van der Waals surface area contributed by atoms with Gasteiger partial charge in [-0.2, -0.15) is 0 Å². The number of rotatable bonds is 4. The lowest BCUT2D eigenvalue weighted by molar-refractivity contribution is 0.130. The zero-order chi connectivity index (χ0) is 12.8. The van der Waals surface area contributed by atoms with E-state index in [1.807, 2.05) is 45.0 Å². The summed E-state index contributed by atoms with van der Waals surface area (Å²) >= 11 is 3.37. The van der Waals surface area contributed by atoms with Crippen LogP contribution < -0.4 is 5.32 Å². The lowest BCUT2D eigenvalue weighted by Crippen LogP contribution is -2.28. The van der Waals surface area contributed by atoms with Crippen LogP contribution in [0.1, 0.15) is 32.4 Å². The molecule has 1 amide bonds. The third-order valence-electron chi connectivity index (χ3n) is 2.25. The summed E-state index contributed by atoms with van der Waals surface area (Å²) < 4.78 is 6.08. The number of amides is 1. The highest BCUT2D eigenvalue weighted by atomic mass is 79.9. The van der Waals surface area contributed by atoms with E-state index in [0.29, 0.717) is 12.5 Å². The lowest BCUT2D eigenvalue weighted by Gasteiger charge is -2.15. The molecular formula is C13H18BrNO2. The first-order valence-corrected chi connectivity index (χ1v) is 6.47. The Morgan fingerprint density at radius 2 is 1.88 bits per heavy atom. The molecule has 0 aliphatic heterocycles. The van der Waals surface area contributed by atoms with Crippen molar-refractivity contribution in [3.63, 3.8) is 0 Å². The number of benzene rings is 1. The molecule has 1 unspecified atom stereocenters. The molecule has 0 aliphatic carbocycles. The highest BCUT2D eigenvalue weighted by Crippen LogP contribution is 2.16. The van der Waals surface area contributed by atoms with Gasteiger partial charge in [-0.05, 0) is 30.5 Å². The van der Waals surface area contributed by atoms with Crippen molar-refractivity contribution in [3.05, 3.63) is 34.3 Å². The van der Waals surface area contributed by atoms with Gasteiger partial charge < -0.3 is 10.1 Å². The lowest BCUT2D eigenvalue weighted by atomic mass is 10.1. The molecule has 17 heavy (non-hydrogen) atoms. The zero-order valence-corrected chi connectivity index (χ0v) is 12.0. The Balaban J connectivity index is 2.46. The van der Waals surface area contributed by atoms with Gasteiger partial charge in [0, 0.05) is 4.47 Å². The second kappa shape index (κ2) is 6.64. The third-order valence-corrected chi connectivity index (χ3v) is 2.78. The van der Waals surface area contributed by atoms with Crippen LogP contribution in [0.4, 0.5) is 4.79 Å². The first kappa shape index (κ1) is 14.0. The molecule has 1 N–H and O–H groups in total. The summed E-state index contributed by atoms with van der Waals surface area (Å²) in [5.41, 5.74) is 1.05. The fourth-order valence-electron chi connectivity index (χ4n) is 1.30. The van der Waals surface area contributed by atoms with Crippen LogP contribution in [-0.4, -0.2) is 12.7 Å². The molecule has 0 saturated heterocycles. The number of alkyl carbamates (subject to hydrolysis) is 1. The maximum absolute atomic E-state index is 11.5.